The molecule has 2 aromatic rings. The van der Waals surface area contributed by atoms with Gasteiger partial charge in [-0.1, -0.05) is 0 Å². The van der Waals surface area contributed by atoms with Crippen LogP contribution < -0.4 is 5.32 Å². The highest BCUT2D eigenvalue weighted by atomic mass is 16.2. The summed E-state index contributed by atoms with van der Waals surface area (Å²) < 4.78 is 0. The second-order valence-electron chi connectivity index (χ2n) is 4.20. The first-order chi connectivity index (χ1) is 9.22. The second-order valence-corrected chi connectivity index (χ2v) is 4.20. The van der Waals surface area contributed by atoms with E-state index in [1.165, 1.54) is 0 Å². The van der Waals surface area contributed by atoms with Crippen molar-refractivity contribution in [3.8, 4) is 0 Å². The van der Waals surface area contributed by atoms with Crippen LogP contribution in [0.25, 0.3) is 0 Å². The molecule has 0 fully saturated rings. The Morgan fingerprint density at radius 2 is 2.37 bits per heavy atom. The van der Waals surface area contributed by atoms with Crippen LogP contribution in [0.2, 0.25) is 0 Å². The summed E-state index contributed by atoms with van der Waals surface area (Å²) in [5.41, 5.74) is 1.54. The van der Waals surface area contributed by atoms with E-state index in [4.69, 9.17) is 0 Å². The summed E-state index contributed by atoms with van der Waals surface area (Å²) in [5, 5.41) is 9.69. The lowest BCUT2D eigenvalue weighted by molar-refractivity contribution is 0.0785. The molecular formula is C13H17N5O. The summed E-state index contributed by atoms with van der Waals surface area (Å²) in [6.07, 6.45) is 5.15. The van der Waals surface area contributed by atoms with Crippen molar-refractivity contribution in [2.45, 2.75) is 13.5 Å². The van der Waals surface area contributed by atoms with E-state index in [1.807, 2.05) is 6.92 Å². The number of nitrogens with one attached hydrogen (secondary N) is 2. The smallest absolute Gasteiger partial charge is 0.257 e. The molecule has 2 N–H and O–H groups in total. The first-order valence-corrected chi connectivity index (χ1v) is 6.14. The molecule has 1 amide bonds. The topological polar surface area (TPSA) is 73.9 Å². The van der Waals surface area contributed by atoms with Gasteiger partial charge in [-0.05, 0) is 19.1 Å². The highest BCUT2D eigenvalue weighted by Crippen LogP contribution is 2.14. The van der Waals surface area contributed by atoms with Crippen LogP contribution in [0, 0.1) is 0 Å². The molecule has 100 valence electrons. The van der Waals surface area contributed by atoms with Crippen LogP contribution in [0.4, 0.5) is 5.82 Å². The van der Waals surface area contributed by atoms with Gasteiger partial charge < -0.3 is 10.2 Å². The third kappa shape index (κ3) is 3.09. The fourth-order valence-electron chi connectivity index (χ4n) is 1.80. The van der Waals surface area contributed by atoms with Crippen molar-refractivity contribution in [3.05, 3.63) is 41.9 Å². The molecule has 0 radical (unpaired) electrons. The summed E-state index contributed by atoms with van der Waals surface area (Å²) in [5.74, 6) is 0.555. The van der Waals surface area contributed by atoms with Crippen molar-refractivity contribution >= 4 is 11.7 Å². The minimum Gasteiger partial charge on any atom is -0.370 e. The van der Waals surface area contributed by atoms with Crippen LogP contribution in [0.5, 0.6) is 0 Å². The molecular weight excluding hydrogens is 242 g/mol. The van der Waals surface area contributed by atoms with Gasteiger partial charge >= 0.3 is 0 Å². The number of carbonyl (C=O) groups is 1. The number of pyridine rings is 1. The van der Waals surface area contributed by atoms with Crippen molar-refractivity contribution in [1.82, 2.24) is 20.1 Å². The third-order valence-electron chi connectivity index (χ3n) is 2.70. The molecule has 0 saturated heterocycles. The molecule has 0 aliphatic heterocycles. The molecule has 6 nitrogen and oxygen atoms in total. The van der Waals surface area contributed by atoms with E-state index in [0.29, 0.717) is 17.9 Å². The van der Waals surface area contributed by atoms with E-state index in [1.54, 1.807) is 42.7 Å². The summed E-state index contributed by atoms with van der Waals surface area (Å²) in [6, 6.07) is 3.54. The van der Waals surface area contributed by atoms with Crippen LogP contribution in [0.3, 0.4) is 0 Å². The maximum Gasteiger partial charge on any atom is 0.257 e. The van der Waals surface area contributed by atoms with Crippen LogP contribution in [-0.4, -0.2) is 39.6 Å². The average molecular weight is 259 g/mol. The van der Waals surface area contributed by atoms with Crippen LogP contribution in [0.15, 0.2) is 30.7 Å². The number of hydrogen-bond acceptors (Lipinski definition) is 4. The average Bonchev–Trinajstić information content (AvgIpc) is 2.92. The number of nitrogens with zero attached hydrogens (tertiary/aromatic N) is 3. The Hall–Kier alpha value is -2.37. The standard InChI is InChI=1S/C13H17N5O/c1-3-14-12-11(5-4-6-15-12)13(19)18(2)9-10-7-16-17-8-10/h4-8H,3,9H2,1-2H3,(H,14,15)(H,16,17). The molecule has 2 aromatic heterocycles. The third-order valence-corrected chi connectivity index (χ3v) is 2.70. The fraction of sp³-hybridized carbons (Fsp3) is 0.308. The molecule has 0 aliphatic carbocycles. The van der Waals surface area contributed by atoms with Gasteiger partial charge in [-0.15, -0.1) is 0 Å². The van der Waals surface area contributed by atoms with Gasteiger partial charge in [0.1, 0.15) is 5.82 Å². The normalized spacial score (nSPS) is 10.2. The van der Waals surface area contributed by atoms with Crippen molar-refractivity contribution in [2.24, 2.45) is 0 Å². The molecule has 0 aliphatic rings. The van der Waals surface area contributed by atoms with Crippen LogP contribution >= 0.6 is 0 Å². The van der Waals surface area contributed by atoms with Gasteiger partial charge in [0, 0.05) is 38.1 Å². The quantitative estimate of drug-likeness (QED) is 0.853. The summed E-state index contributed by atoms with van der Waals surface area (Å²) >= 11 is 0. The number of aromatic nitrogens is 3. The number of carbonyl (C=O) groups excluding carboxylic acids is 1. The Labute approximate surface area is 111 Å². The van der Waals surface area contributed by atoms with E-state index >= 15 is 0 Å². The molecule has 0 atom stereocenters. The Bertz CT molecular complexity index is 538. The monoisotopic (exact) mass is 259 g/mol. The SMILES string of the molecule is CCNc1ncccc1C(=O)N(C)Cc1cn[nH]c1. The number of anilines is 1. The molecule has 2 rings (SSSR count). The Kier molecular flexibility index (Phi) is 4.12. The van der Waals surface area contributed by atoms with E-state index in [0.717, 1.165) is 12.1 Å². The van der Waals surface area contributed by atoms with Gasteiger partial charge in [0.05, 0.1) is 11.8 Å². The Morgan fingerprint density at radius 3 is 3.05 bits per heavy atom. The molecule has 6 heteroatoms. The number of hydrogen-bond donors (Lipinski definition) is 2. The molecule has 19 heavy (non-hydrogen) atoms. The van der Waals surface area contributed by atoms with E-state index in [-0.39, 0.29) is 5.91 Å². The number of H-pyrrole nitrogens is 1. The second kappa shape index (κ2) is 5.99. The van der Waals surface area contributed by atoms with E-state index in [9.17, 15) is 4.79 Å². The first kappa shape index (κ1) is 13.1. The maximum absolute atomic E-state index is 12.4. The zero-order valence-electron chi connectivity index (χ0n) is 11.1. The van der Waals surface area contributed by atoms with Gasteiger partial charge in [-0.25, -0.2) is 4.98 Å². The van der Waals surface area contributed by atoms with Gasteiger partial charge in [-0.2, -0.15) is 5.10 Å². The Balaban J connectivity index is 2.14. The lowest BCUT2D eigenvalue weighted by atomic mass is 10.2. The molecule has 0 aromatic carbocycles. The van der Waals surface area contributed by atoms with Crippen molar-refractivity contribution < 1.29 is 4.79 Å². The van der Waals surface area contributed by atoms with Gasteiger partial charge in [0.25, 0.3) is 5.91 Å². The van der Waals surface area contributed by atoms with Crippen molar-refractivity contribution in [2.75, 3.05) is 18.9 Å². The largest absolute Gasteiger partial charge is 0.370 e. The van der Waals surface area contributed by atoms with E-state index in [2.05, 4.69) is 20.5 Å². The van der Waals surface area contributed by atoms with Crippen LogP contribution in [0.1, 0.15) is 22.8 Å². The molecule has 0 saturated carbocycles. The van der Waals surface area contributed by atoms with Gasteiger partial charge in [-0.3, -0.25) is 9.89 Å². The summed E-state index contributed by atoms with van der Waals surface area (Å²) in [4.78, 5) is 18.2. The highest BCUT2D eigenvalue weighted by molar-refractivity contribution is 5.98. The van der Waals surface area contributed by atoms with Gasteiger partial charge in [0.2, 0.25) is 0 Å². The van der Waals surface area contributed by atoms with Crippen molar-refractivity contribution in [1.29, 1.82) is 0 Å². The summed E-state index contributed by atoms with van der Waals surface area (Å²) in [7, 11) is 1.76. The molecule has 0 unspecified atom stereocenters. The minimum absolute atomic E-state index is 0.0646. The predicted octanol–water partition coefficient (Wildman–Crippen LogP) is 1.51. The summed E-state index contributed by atoms with van der Waals surface area (Å²) in [6.45, 7) is 3.21. The van der Waals surface area contributed by atoms with E-state index < -0.39 is 0 Å². The number of amides is 1. The molecule has 2 heterocycles. The maximum atomic E-state index is 12.4. The highest BCUT2D eigenvalue weighted by Gasteiger charge is 2.16. The number of rotatable bonds is 5. The van der Waals surface area contributed by atoms with Gasteiger partial charge in [0.15, 0.2) is 0 Å². The molecule has 0 spiro atoms. The zero-order valence-corrected chi connectivity index (χ0v) is 11.1. The first-order valence-electron chi connectivity index (χ1n) is 6.14. The predicted molar refractivity (Wildman–Crippen MR) is 72.8 cm³/mol. The minimum atomic E-state index is -0.0646. The zero-order chi connectivity index (χ0) is 13.7. The molecule has 0 bridgehead atoms. The lowest BCUT2D eigenvalue weighted by Gasteiger charge is -2.18. The fourth-order valence-corrected chi connectivity index (χ4v) is 1.80. The Morgan fingerprint density at radius 1 is 1.53 bits per heavy atom. The number of aromatic amines is 1. The lowest BCUT2D eigenvalue weighted by Crippen LogP contribution is -2.27. The van der Waals surface area contributed by atoms with Crippen LogP contribution in [-0.2, 0) is 6.54 Å². The van der Waals surface area contributed by atoms with Crippen molar-refractivity contribution in [3.63, 3.8) is 0 Å².